The lowest BCUT2D eigenvalue weighted by atomic mass is 10.0. The molecule has 0 saturated carbocycles. The molecule has 1 atom stereocenters. The molecule has 8 nitrogen and oxygen atoms in total. The third-order valence-corrected chi connectivity index (χ3v) is 3.96. The number of para-hydroxylation sites is 1. The summed E-state index contributed by atoms with van der Waals surface area (Å²) in [6, 6.07) is 5.66. The van der Waals surface area contributed by atoms with Crippen LogP contribution in [0.15, 0.2) is 18.2 Å². The molecule has 25 heavy (non-hydrogen) atoms. The lowest BCUT2D eigenvalue weighted by Gasteiger charge is -2.16. The smallest absolute Gasteiger partial charge is 0.262 e. The number of aryl methyl sites for hydroxylation is 1. The lowest BCUT2D eigenvalue weighted by Crippen LogP contribution is -2.40. The van der Waals surface area contributed by atoms with Crippen LogP contribution in [0.1, 0.15) is 38.2 Å². The van der Waals surface area contributed by atoms with Gasteiger partial charge in [-0.3, -0.25) is 20.4 Å². The molecule has 1 aromatic carbocycles. The van der Waals surface area contributed by atoms with Gasteiger partial charge in [0.1, 0.15) is 5.52 Å². The Balaban J connectivity index is 1.98. The molecule has 0 radical (unpaired) electrons. The molecule has 0 aliphatic rings. The normalized spacial score (nSPS) is 11.8. The summed E-state index contributed by atoms with van der Waals surface area (Å²) in [5.41, 5.74) is 7.73. The molecule has 0 bridgehead atoms. The Morgan fingerprint density at radius 3 is 2.88 bits per heavy atom. The number of carbonyl (C=O) groups is 2. The minimum atomic E-state index is -0.306. The Morgan fingerprint density at radius 2 is 2.12 bits per heavy atom. The van der Waals surface area contributed by atoms with E-state index < -0.39 is 0 Å². The average Bonchev–Trinajstić information content (AvgIpc) is 2.63. The van der Waals surface area contributed by atoms with Crippen LogP contribution in [0.2, 0.25) is 0 Å². The van der Waals surface area contributed by atoms with Crippen molar-refractivity contribution in [1.82, 2.24) is 25.9 Å². The molecule has 1 aromatic heterocycles. The Bertz CT molecular complexity index is 721. The van der Waals surface area contributed by atoms with E-state index in [2.05, 4.69) is 38.3 Å². The fourth-order valence-corrected chi connectivity index (χ4v) is 2.53. The number of fused-ring (bicyclic) bond motifs is 1. The van der Waals surface area contributed by atoms with Crippen LogP contribution in [-0.2, 0) is 9.59 Å². The highest BCUT2D eigenvalue weighted by Crippen LogP contribution is 2.14. The summed E-state index contributed by atoms with van der Waals surface area (Å²) >= 11 is 0. The summed E-state index contributed by atoms with van der Waals surface area (Å²) in [5, 5.41) is 10.6. The molecule has 2 aromatic rings. The van der Waals surface area contributed by atoms with Gasteiger partial charge in [0.15, 0.2) is 0 Å². The van der Waals surface area contributed by atoms with Gasteiger partial charge >= 0.3 is 0 Å². The molecule has 134 valence electrons. The lowest BCUT2D eigenvalue weighted by molar-refractivity contribution is -0.124. The Kier molecular flexibility index (Phi) is 7.06. The van der Waals surface area contributed by atoms with Gasteiger partial charge in [-0.05, 0) is 25.0 Å². The van der Waals surface area contributed by atoms with Crippen molar-refractivity contribution in [3.8, 4) is 0 Å². The Labute approximate surface area is 146 Å². The van der Waals surface area contributed by atoms with E-state index in [1.807, 2.05) is 25.1 Å². The molecule has 0 unspecified atom stereocenters. The van der Waals surface area contributed by atoms with Crippen molar-refractivity contribution in [2.75, 3.05) is 12.0 Å². The van der Waals surface area contributed by atoms with Gasteiger partial charge in [-0.1, -0.05) is 38.3 Å². The van der Waals surface area contributed by atoms with E-state index in [4.69, 9.17) is 0 Å². The first-order chi connectivity index (χ1) is 12.2. The van der Waals surface area contributed by atoms with Gasteiger partial charge in [-0.2, -0.15) is 0 Å². The van der Waals surface area contributed by atoms with E-state index in [9.17, 15) is 9.59 Å². The van der Waals surface area contributed by atoms with E-state index >= 15 is 0 Å². The largest absolute Gasteiger partial charge is 0.358 e. The van der Waals surface area contributed by atoms with Gasteiger partial charge in [-0.25, -0.2) is 4.98 Å². The van der Waals surface area contributed by atoms with Gasteiger partial charge in [0.2, 0.25) is 12.3 Å². The van der Waals surface area contributed by atoms with Crippen LogP contribution < -0.4 is 16.2 Å². The molecule has 3 N–H and O–H groups in total. The van der Waals surface area contributed by atoms with Gasteiger partial charge in [-0.15, -0.1) is 10.2 Å². The quantitative estimate of drug-likeness (QED) is 0.344. The maximum absolute atomic E-state index is 12.3. The summed E-state index contributed by atoms with van der Waals surface area (Å²) in [6.45, 7) is 4.34. The Morgan fingerprint density at radius 1 is 1.28 bits per heavy atom. The maximum Gasteiger partial charge on any atom is 0.262 e. The monoisotopic (exact) mass is 344 g/mol. The van der Waals surface area contributed by atoms with Crippen molar-refractivity contribution < 1.29 is 9.59 Å². The third-order valence-electron chi connectivity index (χ3n) is 3.96. The number of amides is 2. The molecule has 0 aliphatic heterocycles. The highest BCUT2D eigenvalue weighted by molar-refractivity contribution is 5.81. The summed E-state index contributed by atoms with van der Waals surface area (Å²) in [4.78, 5) is 27.2. The van der Waals surface area contributed by atoms with Crippen LogP contribution >= 0.6 is 0 Å². The summed E-state index contributed by atoms with van der Waals surface area (Å²) in [6.07, 6.45) is 4.37. The first kappa shape index (κ1) is 18.6. The molecule has 0 saturated heterocycles. The molecule has 0 spiro atoms. The van der Waals surface area contributed by atoms with Crippen molar-refractivity contribution in [3.05, 3.63) is 23.8 Å². The second kappa shape index (κ2) is 9.51. The van der Waals surface area contributed by atoms with Crippen LogP contribution in [0.5, 0.6) is 0 Å². The zero-order valence-corrected chi connectivity index (χ0v) is 14.6. The summed E-state index contributed by atoms with van der Waals surface area (Å²) in [5.74, 6) is -0.288. The SMILES string of the molecule is CCCCC[C@H](CNC=O)C(=O)NNc1nnc2cccc(C)c2n1. The van der Waals surface area contributed by atoms with Gasteiger partial charge in [0.05, 0.1) is 11.4 Å². The second-order valence-corrected chi connectivity index (χ2v) is 5.91. The molecular formula is C17H24N6O2. The summed E-state index contributed by atoms with van der Waals surface area (Å²) in [7, 11) is 0. The average molecular weight is 344 g/mol. The summed E-state index contributed by atoms with van der Waals surface area (Å²) < 4.78 is 0. The molecular weight excluding hydrogens is 320 g/mol. The van der Waals surface area contributed by atoms with Gasteiger partial charge in [0.25, 0.3) is 5.95 Å². The van der Waals surface area contributed by atoms with E-state index in [1.54, 1.807) is 0 Å². The standard InChI is InChI=1S/C17H24N6O2/c1-3-4-5-8-13(10-18-11-24)16(25)21-23-17-19-15-12(2)7-6-9-14(15)20-22-17/h6-7,9,11,13H,3-5,8,10H2,1-2H3,(H,18,24)(H,21,25)(H,19,22,23)/t13-/m1/s1. The van der Waals surface area contributed by atoms with Crippen molar-refractivity contribution in [1.29, 1.82) is 0 Å². The molecule has 0 aliphatic carbocycles. The van der Waals surface area contributed by atoms with Crippen molar-refractivity contribution in [3.63, 3.8) is 0 Å². The molecule has 1 heterocycles. The topological polar surface area (TPSA) is 109 Å². The number of carbonyl (C=O) groups excluding carboxylic acids is 2. The number of hydrogen-bond acceptors (Lipinski definition) is 6. The van der Waals surface area contributed by atoms with E-state index in [0.717, 1.165) is 30.3 Å². The molecule has 8 heteroatoms. The van der Waals surface area contributed by atoms with E-state index in [1.165, 1.54) is 0 Å². The van der Waals surface area contributed by atoms with Crippen LogP contribution in [0.3, 0.4) is 0 Å². The van der Waals surface area contributed by atoms with Crippen LogP contribution in [0.25, 0.3) is 11.0 Å². The maximum atomic E-state index is 12.3. The zero-order chi connectivity index (χ0) is 18.1. The van der Waals surface area contributed by atoms with E-state index in [-0.39, 0.29) is 17.8 Å². The molecule has 2 amide bonds. The number of unbranched alkanes of at least 4 members (excludes halogenated alkanes) is 2. The highest BCUT2D eigenvalue weighted by atomic mass is 16.2. The first-order valence-corrected chi connectivity index (χ1v) is 8.48. The van der Waals surface area contributed by atoms with E-state index in [0.29, 0.717) is 24.9 Å². The van der Waals surface area contributed by atoms with Crippen LogP contribution in [-0.4, -0.2) is 34.0 Å². The number of nitrogens with one attached hydrogen (secondary N) is 3. The van der Waals surface area contributed by atoms with Gasteiger partial charge < -0.3 is 5.32 Å². The highest BCUT2D eigenvalue weighted by Gasteiger charge is 2.18. The molecule has 0 fully saturated rings. The third kappa shape index (κ3) is 5.37. The van der Waals surface area contributed by atoms with Crippen molar-refractivity contribution in [2.24, 2.45) is 5.92 Å². The zero-order valence-electron chi connectivity index (χ0n) is 14.6. The number of nitrogens with zero attached hydrogens (tertiary/aromatic N) is 3. The first-order valence-electron chi connectivity index (χ1n) is 8.48. The Hall–Kier alpha value is -2.77. The van der Waals surface area contributed by atoms with Crippen molar-refractivity contribution in [2.45, 2.75) is 39.5 Å². The van der Waals surface area contributed by atoms with Gasteiger partial charge in [0, 0.05) is 6.54 Å². The predicted molar refractivity (Wildman–Crippen MR) is 95.5 cm³/mol. The number of aromatic nitrogens is 3. The number of benzene rings is 1. The minimum absolute atomic E-state index is 0.209. The minimum Gasteiger partial charge on any atom is -0.358 e. The van der Waals surface area contributed by atoms with Crippen molar-refractivity contribution >= 4 is 29.3 Å². The predicted octanol–water partition coefficient (Wildman–Crippen LogP) is 1.72. The number of hydrazine groups is 1. The fraction of sp³-hybridized carbons (Fsp3) is 0.471. The number of rotatable bonds is 10. The fourth-order valence-electron chi connectivity index (χ4n) is 2.53. The molecule has 2 rings (SSSR count). The number of hydrogen-bond donors (Lipinski definition) is 3. The number of anilines is 1. The van der Waals surface area contributed by atoms with Crippen LogP contribution in [0.4, 0.5) is 5.95 Å². The van der Waals surface area contributed by atoms with Crippen LogP contribution in [0, 0.1) is 12.8 Å². The second-order valence-electron chi connectivity index (χ2n) is 5.91.